The molecule has 1 saturated carbocycles. The Bertz CT molecular complexity index is 398. The van der Waals surface area contributed by atoms with Gasteiger partial charge in [0, 0.05) is 38.0 Å². The maximum absolute atomic E-state index is 5.68. The molecular formula is C17H31N3O. The average molecular weight is 293 g/mol. The Labute approximate surface area is 129 Å². The van der Waals surface area contributed by atoms with Crippen LogP contribution in [0.2, 0.25) is 0 Å². The molecular weight excluding hydrogens is 262 g/mol. The lowest BCUT2D eigenvalue weighted by Gasteiger charge is -2.37. The third-order valence-electron chi connectivity index (χ3n) is 4.47. The molecule has 0 bridgehead atoms. The number of hydrogen-bond acceptors (Lipinski definition) is 3. The molecule has 0 spiro atoms. The van der Waals surface area contributed by atoms with Crippen LogP contribution in [0.3, 0.4) is 0 Å². The zero-order valence-corrected chi connectivity index (χ0v) is 13.8. The molecule has 0 amide bonds. The summed E-state index contributed by atoms with van der Waals surface area (Å²) in [5.41, 5.74) is 0. The number of hydrogen-bond donors (Lipinski definition) is 1. The highest BCUT2D eigenvalue weighted by molar-refractivity contribution is 4.97. The number of imidazole rings is 1. The minimum atomic E-state index is 0.518. The number of nitrogens with one attached hydrogen (secondary N) is 1. The highest BCUT2D eigenvalue weighted by Gasteiger charge is 2.31. The van der Waals surface area contributed by atoms with Gasteiger partial charge in [0.25, 0.3) is 0 Å². The Morgan fingerprint density at radius 2 is 2.19 bits per heavy atom. The average Bonchev–Trinajstić information content (AvgIpc) is 2.89. The molecule has 1 atom stereocenters. The summed E-state index contributed by atoms with van der Waals surface area (Å²) in [4.78, 5) is 4.53. The van der Waals surface area contributed by atoms with Crippen LogP contribution in [-0.4, -0.2) is 34.8 Å². The molecule has 21 heavy (non-hydrogen) atoms. The molecule has 4 nitrogen and oxygen atoms in total. The van der Waals surface area contributed by atoms with Gasteiger partial charge < -0.3 is 14.6 Å². The van der Waals surface area contributed by atoms with Gasteiger partial charge in [-0.1, -0.05) is 6.92 Å². The van der Waals surface area contributed by atoms with Gasteiger partial charge >= 0.3 is 0 Å². The number of ether oxygens (including phenoxy) is 1. The first-order valence-corrected chi connectivity index (χ1v) is 8.61. The van der Waals surface area contributed by atoms with Crippen LogP contribution < -0.4 is 5.32 Å². The summed E-state index contributed by atoms with van der Waals surface area (Å²) in [6.07, 6.45) is 10.5. The molecule has 2 rings (SSSR count). The fourth-order valence-corrected chi connectivity index (χ4v) is 3.27. The molecule has 0 aromatic carbocycles. The van der Waals surface area contributed by atoms with Crippen molar-refractivity contribution in [1.29, 1.82) is 0 Å². The minimum absolute atomic E-state index is 0.518. The molecule has 1 aromatic heterocycles. The van der Waals surface area contributed by atoms with Crippen molar-refractivity contribution in [1.82, 2.24) is 14.9 Å². The smallest absolute Gasteiger partial charge is 0.110 e. The summed E-state index contributed by atoms with van der Waals surface area (Å²) in [5.74, 6) is 2.03. The largest absolute Gasteiger partial charge is 0.378 e. The summed E-state index contributed by atoms with van der Waals surface area (Å²) in [6.45, 7) is 9.45. The van der Waals surface area contributed by atoms with Crippen molar-refractivity contribution < 1.29 is 4.74 Å². The van der Waals surface area contributed by atoms with Crippen LogP contribution in [0.4, 0.5) is 0 Å². The lowest BCUT2D eigenvalue weighted by atomic mass is 9.77. The van der Waals surface area contributed by atoms with Gasteiger partial charge in [-0.15, -0.1) is 0 Å². The van der Waals surface area contributed by atoms with Crippen molar-refractivity contribution in [3.8, 4) is 0 Å². The highest BCUT2D eigenvalue weighted by Crippen LogP contribution is 2.34. The topological polar surface area (TPSA) is 39.1 Å². The van der Waals surface area contributed by atoms with Gasteiger partial charge in [0.15, 0.2) is 0 Å². The first-order chi connectivity index (χ1) is 10.3. The predicted octanol–water partition coefficient (Wildman–Crippen LogP) is 3.02. The molecule has 1 unspecified atom stereocenters. The van der Waals surface area contributed by atoms with Crippen molar-refractivity contribution in [3.05, 3.63) is 18.2 Å². The van der Waals surface area contributed by atoms with Gasteiger partial charge in [-0.05, 0) is 52.0 Å². The number of rotatable bonds is 10. The maximum atomic E-state index is 5.68. The van der Waals surface area contributed by atoms with E-state index in [-0.39, 0.29) is 0 Å². The van der Waals surface area contributed by atoms with E-state index in [0.717, 1.165) is 32.0 Å². The number of aryl methyl sites for hydroxylation is 1. The third kappa shape index (κ3) is 4.82. The minimum Gasteiger partial charge on any atom is -0.378 e. The van der Waals surface area contributed by atoms with Crippen LogP contribution in [0.1, 0.15) is 52.3 Å². The first kappa shape index (κ1) is 16.5. The fraction of sp³-hybridized carbons (Fsp3) is 0.824. The molecule has 1 fully saturated rings. The Morgan fingerprint density at radius 3 is 2.86 bits per heavy atom. The van der Waals surface area contributed by atoms with E-state index in [0.29, 0.717) is 12.1 Å². The Hall–Kier alpha value is -0.870. The van der Waals surface area contributed by atoms with Crippen molar-refractivity contribution in [2.75, 3.05) is 13.2 Å². The van der Waals surface area contributed by atoms with Crippen molar-refractivity contribution in [2.24, 2.45) is 5.92 Å². The van der Waals surface area contributed by atoms with E-state index in [2.05, 4.69) is 41.8 Å². The van der Waals surface area contributed by atoms with E-state index < -0.39 is 0 Å². The number of nitrogens with zero attached hydrogens (tertiary/aromatic N) is 2. The second kappa shape index (κ2) is 8.54. The molecule has 0 aliphatic heterocycles. The molecule has 1 aliphatic carbocycles. The van der Waals surface area contributed by atoms with Crippen molar-refractivity contribution in [2.45, 2.75) is 71.6 Å². The lowest BCUT2D eigenvalue weighted by Crippen LogP contribution is -2.40. The molecule has 120 valence electrons. The summed E-state index contributed by atoms with van der Waals surface area (Å²) < 4.78 is 7.93. The van der Waals surface area contributed by atoms with Gasteiger partial charge in [0.1, 0.15) is 5.82 Å². The lowest BCUT2D eigenvalue weighted by molar-refractivity contribution is -0.0290. The van der Waals surface area contributed by atoms with Crippen LogP contribution in [-0.2, 0) is 17.7 Å². The van der Waals surface area contributed by atoms with Gasteiger partial charge in [0.2, 0.25) is 0 Å². The second-order valence-electron chi connectivity index (χ2n) is 6.14. The van der Waals surface area contributed by atoms with E-state index in [1.54, 1.807) is 0 Å². The van der Waals surface area contributed by atoms with Crippen molar-refractivity contribution >= 4 is 0 Å². The summed E-state index contributed by atoms with van der Waals surface area (Å²) >= 11 is 0. The summed E-state index contributed by atoms with van der Waals surface area (Å²) in [6, 6.07) is 0.547. The van der Waals surface area contributed by atoms with Crippen LogP contribution in [0, 0.1) is 5.92 Å². The zero-order chi connectivity index (χ0) is 15.1. The normalized spacial score (nSPS) is 23.0. The second-order valence-corrected chi connectivity index (χ2v) is 6.14. The number of aromatic nitrogens is 2. The third-order valence-corrected chi connectivity index (χ3v) is 4.47. The highest BCUT2D eigenvalue weighted by atomic mass is 16.5. The SMILES string of the molecule is CCCNC(Cc1nccn1CC)CC1CC(OCC)C1. The molecule has 1 heterocycles. The standard InChI is InChI=1S/C17H31N3O/c1-4-7-18-15(10-14-11-16(12-14)21-6-3)13-17-19-8-9-20(17)5-2/h8-9,14-16,18H,4-7,10-13H2,1-3H3. The molecule has 0 radical (unpaired) electrons. The van der Waals surface area contributed by atoms with Crippen molar-refractivity contribution in [3.63, 3.8) is 0 Å². The van der Waals surface area contributed by atoms with E-state index in [9.17, 15) is 0 Å². The van der Waals surface area contributed by atoms with Gasteiger partial charge in [-0.25, -0.2) is 4.98 Å². The zero-order valence-electron chi connectivity index (χ0n) is 13.8. The predicted molar refractivity (Wildman–Crippen MR) is 86.4 cm³/mol. The van der Waals surface area contributed by atoms with Crippen LogP contribution in [0.5, 0.6) is 0 Å². The molecule has 1 aliphatic rings. The maximum Gasteiger partial charge on any atom is 0.110 e. The fourth-order valence-electron chi connectivity index (χ4n) is 3.27. The van der Waals surface area contributed by atoms with E-state index >= 15 is 0 Å². The Balaban J connectivity index is 1.83. The molecule has 4 heteroatoms. The van der Waals surface area contributed by atoms with E-state index in [1.165, 1.54) is 31.5 Å². The quantitative estimate of drug-likeness (QED) is 0.721. The molecule has 1 aromatic rings. The summed E-state index contributed by atoms with van der Waals surface area (Å²) in [7, 11) is 0. The Kier molecular flexibility index (Phi) is 6.71. The Morgan fingerprint density at radius 1 is 1.38 bits per heavy atom. The molecule has 0 saturated heterocycles. The van der Waals surface area contributed by atoms with E-state index in [4.69, 9.17) is 4.74 Å². The van der Waals surface area contributed by atoms with Crippen LogP contribution in [0.25, 0.3) is 0 Å². The molecule has 1 N–H and O–H groups in total. The van der Waals surface area contributed by atoms with Gasteiger partial charge in [0.05, 0.1) is 6.10 Å². The van der Waals surface area contributed by atoms with Crippen LogP contribution in [0.15, 0.2) is 12.4 Å². The van der Waals surface area contributed by atoms with E-state index in [1.807, 2.05) is 6.20 Å². The van der Waals surface area contributed by atoms with Gasteiger partial charge in [-0.2, -0.15) is 0 Å². The summed E-state index contributed by atoms with van der Waals surface area (Å²) in [5, 5.41) is 3.71. The first-order valence-electron chi connectivity index (χ1n) is 8.61. The monoisotopic (exact) mass is 293 g/mol. The van der Waals surface area contributed by atoms with Gasteiger partial charge in [-0.3, -0.25) is 0 Å². The van der Waals surface area contributed by atoms with Crippen LogP contribution >= 0.6 is 0 Å².